The molecule has 1 aromatic rings. The van der Waals surface area contributed by atoms with Gasteiger partial charge in [-0.05, 0) is 60.6 Å². The molecule has 0 heterocycles. The van der Waals surface area contributed by atoms with E-state index < -0.39 is 18.9 Å². The molecule has 0 bridgehead atoms. The first-order valence-corrected chi connectivity index (χ1v) is 8.29. The second kappa shape index (κ2) is 5.88. The number of hydrogen-bond donors (Lipinski definition) is 1. The maximum atomic E-state index is 12.9. The molecule has 0 unspecified atom stereocenters. The van der Waals surface area contributed by atoms with Crippen molar-refractivity contribution in [1.29, 1.82) is 0 Å². The van der Waals surface area contributed by atoms with Crippen LogP contribution in [-0.4, -0.2) is 11.2 Å². The first kappa shape index (κ1) is 17.2. The standard InChI is InChI=1S/C15H26NO3P/c1-12-8-10-13(11-9-12)16-20(17,18-14(2,3)4)19-15(5,6)7/h8-11H,1-7H3,(H,16,17). The second-order valence-corrected chi connectivity index (χ2v) is 8.47. The fourth-order valence-electron chi connectivity index (χ4n) is 1.57. The third kappa shape index (κ3) is 6.56. The van der Waals surface area contributed by atoms with E-state index in [0.29, 0.717) is 5.69 Å². The summed E-state index contributed by atoms with van der Waals surface area (Å²) in [5, 5.41) is 2.91. The monoisotopic (exact) mass is 299 g/mol. The van der Waals surface area contributed by atoms with Crippen LogP contribution in [0, 0.1) is 6.92 Å². The minimum atomic E-state index is -3.45. The molecule has 0 aromatic heterocycles. The van der Waals surface area contributed by atoms with Crippen LogP contribution in [0.5, 0.6) is 0 Å². The third-order valence-electron chi connectivity index (χ3n) is 2.11. The van der Waals surface area contributed by atoms with E-state index >= 15 is 0 Å². The van der Waals surface area contributed by atoms with Crippen LogP contribution in [-0.2, 0) is 13.6 Å². The molecular weight excluding hydrogens is 273 g/mol. The van der Waals surface area contributed by atoms with Crippen LogP contribution >= 0.6 is 7.75 Å². The Morgan fingerprint density at radius 2 is 1.30 bits per heavy atom. The molecule has 1 N–H and O–H groups in total. The van der Waals surface area contributed by atoms with Crippen LogP contribution in [0.25, 0.3) is 0 Å². The van der Waals surface area contributed by atoms with Crippen molar-refractivity contribution in [3.8, 4) is 0 Å². The van der Waals surface area contributed by atoms with Gasteiger partial charge in [-0.2, -0.15) is 0 Å². The Kier molecular flexibility index (Phi) is 5.07. The molecule has 5 heteroatoms. The van der Waals surface area contributed by atoms with Crippen LogP contribution < -0.4 is 5.09 Å². The topological polar surface area (TPSA) is 47.6 Å². The van der Waals surface area contributed by atoms with Crippen LogP contribution in [0.1, 0.15) is 47.1 Å². The molecule has 0 saturated heterocycles. The molecule has 0 spiro atoms. The molecule has 0 fully saturated rings. The van der Waals surface area contributed by atoms with Crippen molar-refractivity contribution in [3.63, 3.8) is 0 Å². The Morgan fingerprint density at radius 3 is 1.65 bits per heavy atom. The van der Waals surface area contributed by atoms with Gasteiger partial charge in [-0.25, -0.2) is 4.57 Å². The highest BCUT2D eigenvalue weighted by Gasteiger charge is 2.35. The molecule has 1 rings (SSSR count). The van der Waals surface area contributed by atoms with Gasteiger partial charge in [0.1, 0.15) is 0 Å². The van der Waals surface area contributed by atoms with E-state index in [0.717, 1.165) is 5.56 Å². The van der Waals surface area contributed by atoms with E-state index in [4.69, 9.17) is 9.05 Å². The van der Waals surface area contributed by atoms with Gasteiger partial charge < -0.3 is 0 Å². The SMILES string of the molecule is Cc1ccc(NP(=O)(OC(C)(C)C)OC(C)(C)C)cc1. The lowest BCUT2D eigenvalue weighted by Crippen LogP contribution is -2.26. The van der Waals surface area contributed by atoms with Crippen molar-refractivity contribution >= 4 is 13.4 Å². The summed E-state index contributed by atoms with van der Waals surface area (Å²) in [6.07, 6.45) is 0. The molecule has 0 atom stereocenters. The van der Waals surface area contributed by atoms with Gasteiger partial charge in [0.2, 0.25) is 0 Å². The first-order valence-electron chi connectivity index (χ1n) is 6.75. The molecule has 1 aromatic carbocycles. The summed E-state index contributed by atoms with van der Waals surface area (Å²) in [4.78, 5) is 0. The fraction of sp³-hybridized carbons (Fsp3) is 0.600. The Labute approximate surface area is 122 Å². The maximum absolute atomic E-state index is 12.9. The molecule has 0 aliphatic rings. The average molecular weight is 299 g/mol. The van der Waals surface area contributed by atoms with Crippen LogP contribution in [0.15, 0.2) is 24.3 Å². The number of nitrogens with one attached hydrogen (secondary N) is 1. The molecule has 0 saturated carbocycles. The summed E-state index contributed by atoms with van der Waals surface area (Å²) in [7, 11) is -3.45. The third-order valence-corrected chi connectivity index (χ3v) is 4.21. The number of rotatable bonds is 4. The minimum absolute atomic E-state index is 0.571. The lowest BCUT2D eigenvalue weighted by atomic mass is 10.2. The quantitative estimate of drug-likeness (QED) is 0.781. The van der Waals surface area contributed by atoms with Gasteiger partial charge in [-0.15, -0.1) is 0 Å². The van der Waals surface area contributed by atoms with Crippen molar-refractivity contribution in [2.24, 2.45) is 0 Å². The zero-order valence-electron chi connectivity index (χ0n) is 13.5. The predicted molar refractivity (Wildman–Crippen MR) is 84.1 cm³/mol. The summed E-state index contributed by atoms with van der Waals surface area (Å²) < 4.78 is 24.3. The normalized spacial score (nSPS) is 13.3. The van der Waals surface area contributed by atoms with Crippen LogP contribution in [0.3, 0.4) is 0 Å². The van der Waals surface area contributed by atoms with Crippen molar-refractivity contribution in [3.05, 3.63) is 29.8 Å². The molecule has 114 valence electrons. The Bertz CT molecular complexity index is 463. The van der Waals surface area contributed by atoms with Gasteiger partial charge in [0, 0.05) is 5.69 Å². The van der Waals surface area contributed by atoms with Crippen molar-refractivity contribution in [2.75, 3.05) is 5.09 Å². The Hall–Kier alpha value is -0.830. The fourth-order valence-corrected chi connectivity index (χ4v) is 3.61. The number of hydrogen-bond acceptors (Lipinski definition) is 3. The highest BCUT2D eigenvalue weighted by Crippen LogP contribution is 2.53. The Morgan fingerprint density at radius 1 is 0.900 bits per heavy atom. The van der Waals surface area contributed by atoms with E-state index in [-0.39, 0.29) is 0 Å². The second-order valence-electron chi connectivity index (χ2n) is 6.88. The summed E-state index contributed by atoms with van der Waals surface area (Å²) in [6.45, 7) is 13.1. The summed E-state index contributed by atoms with van der Waals surface area (Å²) >= 11 is 0. The van der Waals surface area contributed by atoms with E-state index in [1.807, 2.05) is 72.7 Å². The van der Waals surface area contributed by atoms with Crippen molar-refractivity contribution in [1.82, 2.24) is 0 Å². The smallest absolute Gasteiger partial charge is 0.293 e. The van der Waals surface area contributed by atoms with Gasteiger partial charge in [0.25, 0.3) is 0 Å². The largest absolute Gasteiger partial charge is 0.433 e. The average Bonchev–Trinajstić information content (AvgIpc) is 2.15. The van der Waals surface area contributed by atoms with Gasteiger partial charge in [-0.3, -0.25) is 14.1 Å². The zero-order valence-corrected chi connectivity index (χ0v) is 14.4. The zero-order chi connectivity index (χ0) is 15.6. The summed E-state index contributed by atoms with van der Waals surface area (Å²) in [5.41, 5.74) is 0.711. The molecule has 4 nitrogen and oxygen atoms in total. The van der Waals surface area contributed by atoms with E-state index in [9.17, 15) is 4.57 Å². The molecule has 0 aliphatic heterocycles. The number of aryl methyl sites for hydroxylation is 1. The summed E-state index contributed by atoms with van der Waals surface area (Å²) in [5.74, 6) is 0. The minimum Gasteiger partial charge on any atom is -0.293 e. The molecular formula is C15H26NO3P. The van der Waals surface area contributed by atoms with Crippen LogP contribution in [0.4, 0.5) is 5.69 Å². The van der Waals surface area contributed by atoms with E-state index in [2.05, 4.69) is 5.09 Å². The highest BCUT2D eigenvalue weighted by atomic mass is 31.2. The summed E-state index contributed by atoms with van der Waals surface area (Å²) in [6, 6.07) is 7.61. The maximum Gasteiger partial charge on any atom is 0.433 e. The molecule has 0 radical (unpaired) electrons. The predicted octanol–water partition coefficient (Wildman–Crippen LogP) is 5.15. The van der Waals surface area contributed by atoms with Gasteiger partial charge in [-0.1, -0.05) is 17.7 Å². The molecule has 0 amide bonds. The van der Waals surface area contributed by atoms with Crippen molar-refractivity contribution in [2.45, 2.75) is 59.7 Å². The van der Waals surface area contributed by atoms with E-state index in [1.165, 1.54) is 0 Å². The molecule has 0 aliphatic carbocycles. The van der Waals surface area contributed by atoms with Crippen molar-refractivity contribution < 1.29 is 13.6 Å². The van der Waals surface area contributed by atoms with Gasteiger partial charge in [0.05, 0.1) is 11.2 Å². The van der Waals surface area contributed by atoms with Crippen LogP contribution in [0.2, 0.25) is 0 Å². The Balaban J connectivity index is 2.98. The first-order chi connectivity index (χ1) is 8.89. The van der Waals surface area contributed by atoms with Gasteiger partial charge in [0.15, 0.2) is 0 Å². The van der Waals surface area contributed by atoms with E-state index in [1.54, 1.807) is 0 Å². The number of anilines is 1. The lowest BCUT2D eigenvalue weighted by Gasteiger charge is -2.32. The highest BCUT2D eigenvalue weighted by molar-refractivity contribution is 7.55. The number of benzene rings is 1. The lowest BCUT2D eigenvalue weighted by molar-refractivity contribution is 0.0519. The van der Waals surface area contributed by atoms with Gasteiger partial charge >= 0.3 is 7.75 Å². The molecule has 20 heavy (non-hydrogen) atoms.